The fourth-order valence-electron chi connectivity index (χ4n) is 9.04. The van der Waals surface area contributed by atoms with Gasteiger partial charge in [0.25, 0.3) is 24.1 Å². The van der Waals surface area contributed by atoms with Gasteiger partial charge in [-0.15, -0.1) is 0 Å². The van der Waals surface area contributed by atoms with Gasteiger partial charge >= 0.3 is 0 Å². The molecule has 1 aliphatic carbocycles. The number of epoxide rings is 1. The number of rotatable bonds is 17. The number of imide groups is 2. The minimum Gasteiger partial charge on any atom is -0.384 e. The Kier molecular flexibility index (Phi) is 11.7. The molecule has 3 aromatic heterocycles. The van der Waals surface area contributed by atoms with Crippen LogP contribution in [0.2, 0.25) is 0 Å². The van der Waals surface area contributed by atoms with Crippen molar-refractivity contribution in [3.63, 3.8) is 0 Å². The van der Waals surface area contributed by atoms with Crippen LogP contribution in [-0.2, 0) is 23.8 Å². The average Bonchev–Trinajstić information content (AvgIpc) is 3.47. The number of nitrogens with zero attached hydrogens (tertiary/aromatic N) is 7. The van der Waals surface area contributed by atoms with E-state index in [4.69, 9.17) is 19.2 Å². The number of piperidine rings is 1. The van der Waals surface area contributed by atoms with E-state index >= 15 is 0 Å². The number of alkyl halides is 2. The van der Waals surface area contributed by atoms with E-state index in [1.54, 1.807) is 29.1 Å². The summed E-state index contributed by atoms with van der Waals surface area (Å²) >= 11 is 0. The highest BCUT2D eigenvalue weighted by molar-refractivity contribution is 6.25. The number of aromatic nitrogens is 5. The lowest BCUT2D eigenvalue weighted by Crippen LogP contribution is -2.54. The molecule has 3 saturated heterocycles. The summed E-state index contributed by atoms with van der Waals surface area (Å²) in [5.74, 6) is -1.75. The molecule has 1 aromatic carbocycles. The maximum atomic E-state index is 14.2. The van der Waals surface area contributed by atoms with Crippen molar-refractivity contribution in [1.29, 1.82) is 0 Å². The molecule has 3 N–H and O–H groups in total. The second-order valence-corrected chi connectivity index (χ2v) is 16.5. The van der Waals surface area contributed by atoms with E-state index < -0.39 is 47.7 Å². The molecule has 0 bridgehead atoms. The molecule has 4 fully saturated rings. The van der Waals surface area contributed by atoms with Gasteiger partial charge in [-0.25, -0.2) is 18.3 Å². The van der Waals surface area contributed by atoms with Crippen LogP contribution in [0.5, 0.6) is 0 Å². The van der Waals surface area contributed by atoms with Crippen LogP contribution in [0.15, 0.2) is 42.9 Å². The summed E-state index contributed by atoms with van der Waals surface area (Å²) in [4.78, 5) is 71.5. The lowest BCUT2D eigenvalue weighted by molar-refractivity contribution is -0.136. The number of fused-ring (bicyclic) bond motifs is 3. The number of nitrogens with one attached hydrogen (secondary N) is 3. The van der Waals surface area contributed by atoms with Gasteiger partial charge in [0.2, 0.25) is 11.8 Å². The number of carbonyl (C=O) groups is 5. The van der Waals surface area contributed by atoms with Gasteiger partial charge in [-0.3, -0.25) is 38.9 Å². The van der Waals surface area contributed by atoms with Crippen molar-refractivity contribution in [2.24, 2.45) is 5.92 Å². The minimum atomic E-state index is -2.88. The molecule has 18 nitrogen and oxygen atoms in total. The average molecular weight is 859 g/mol. The van der Waals surface area contributed by atoms with Gasteiger partial charge in [-0.1, -0.05) is 6.07 Å². The van der Waals surface area contributed by atoms with Crippen molar-refractivity contribution in [3.05, 3.63) is 65.2 Å². The molecule has 4 atom stereocenters. The molecule has 2 unspecified atom stereocenters. The number of benzene rings is 1. The summed E-state index contributed by atoms with van der Waals surface area (Å²) in [6, 6.07) is 5.83. The molecule has 4 aliphatic heterocycles. The topological polar surface area (TPSA) is 207 Å². The van der Waals surface area contributed by atoms with Crippen molar-refractivity contribution in [2.45, 2.75) is 95.0 Å². The van der Waals surface area contributed by atoms with E-state index in [0.717, 1.165) is 30.6 Å². The third kappa shape index (κ3) is 8.25. The summed E-state index contributed by atoms with van der Waals surface area (Å²) in [6.45, 7) is 5.38. The van der Waals surface area contributed by atoms with Crippen molar-refractivity contribution in [2.75, 3.05) is 55.1 Å². The Morgan fingerprint density at radius 1 is 1.00 bits per heavy atom. The second-order valence-electron chi connectivity index (χ2n) is 16.5. The number of hydrogen-bond donors (Lipinski definition) is 3. The Balaban J connectivity index is 0.675. The summed E-state index contributed by atoms with van der Waals surface area (Å²) < 4.78 is 48.8. The highest BCUT2D eigenvalue weighted by Crippen LogP contribution is 2.39. The maximum absolute atomic E-state index is 14.2. The quantitative estimate of drug-likeness (QED) is 0.0776. The fourth-order valence-corrected chi connectivity index (χ4v) is 9.04. The van der Waals surface area contributed by atoms with Crippen LogP contribution in [0, 0.1) is 5.92 Å². The van der Waals surface area contributed by atoms with Crippen LogP contribution >= 0.6 is 0 Å². The molecule has 5 amide bonds. The van der Waals surface area contributed by atoms with Gasteiger partial charge < -0.3 is 29.7 Å². The van der Waals surface area contributed by atoms with Crippen LogP contribution in [0.25, 0.3) is 5.65 Å². The van der Waals surface area contributed by atoms with Crippen LogP contribution in [0.3, 0.4) is 0 Å². The summed E-state index contributed by atoms with van der Waals surface area (Å²) in [5, 5.41) is 16.5. The van der Waals surface area contributed by atoms with Gasteiger partial charge in [0.15, 0.2) is 11.3 Å². The summed E-state index contributed by atoms with van der Waals surface area (Å²) in [7, 11) is 0. The number of carbonyl (C=O) groups excluding carboxylic acids is 5. The number of halogens is 2. The zero-order valence-electron chi connectivity index (χ0n) is 34.1. The number of anilines is 3. The van der Waals surface area contributed by atoms with Crippen LogP contribution in [-0.4, -0.2) is 123 Å². The molecular weight excluding hydrogens is 811 g/mol. The Labute approximate surface area is 354 Å². The van der Waals surface area contributed by atoms with Crippen molar-refractivity contribution in [1.82, 2.24) is 34.6 Å². The third-order valence-electron chi connectivity index (χ3n) is 12.4. The molecule has 5 aliphatic rings. The Bertz CT molecular complexity index is 2380. The normalized spacial score (nSPS) is 24.5. The maximum Gasteiger partial charge on any atom is 0.284 e. The molecule has 4 aromatic rings. The first kappa shape index (κ1) is 41.5. The van der Waals surface area contributed by atoms with Crippen LogP contribution < -0.4 is 20.9 Å². The SMILES string of the molecule is C[C@@H]1[C@H]2OC2CN1c1ccn2ncc(C(=O)Nc3cn([C@H]4CC[C@H](COCCCOCCCNc5cccc6c5C(=O)N(C5CCC(=O)NC5=O)C6=O)CC4)nc3C(F)F)c2n1. The Morgan fingerprint density at radius 2 is 1.81 bits per heavy atom. The predicted octanol–water partition coefficient (Wildman–Crippen LogP) is 4.15. The van der Waals surface area contributed by atoms with E-state index in [1.165, 1.54) is 16.9 Å². The first-order valence-electron chi connectivity index (χ1n) is 21.2. The third-order valence-corrected chi connectivity index (χ3v) is 12.4. The molecule has 20 heteroatoms. The predicted molar refractivity (Wildman–Crippen MR) is 217 cm³/mol. The highest BCUT2D eigenvalue weighted by atomic mass is 19.3. The van der Waals surface area contributed by atoms with Crippen molar-refractivity contribution < 1.29 is 47.0 Å². The molecular formula is C42H48F2N10O8. The van der Waals surface area contributed by atoms with Crippen molar-refractivity contribution in [3.8, 4) is 0 Å². The Morgan fingerprint density at radius 3 is 2.58 bits per heavy atom. The van der Waals surface area contributed by atoms with E-state index in [-0.39, 0.29) is 59.5 Å². The molecule has 0 spiro atoms. The van der Waals surface area contributed by atoms with E-state index in [1.807, 2.05) is 6.07 Å². The fraction of sp³-hybridized carbons (Fsp3) is 0.524. The number of ether oxygens (including phenoxy) is 3. The van der Waals surface area contributed by atoms with Crippen LogP contribution in [0.1, 0.15) is 108 Å². The lowest BCUT2D eigenvalue weighted by Gasteiger charge is -2.28. The summed E-state index contributed by atoms with van der Waals surface area (Å²) in [6.07, 6.45) is 6.77. The first-order valence-corrected chi connectivity index (χ1v) is 21.2. The monoisotopic (exact) mass is 858 g/mol. The molecule has 9 rings (SSSR count). The van der Waals surface area contributed by atoms with Crippen LogP contribution in [0.4, 0.5) is 26.0 Å². The van der Waals surface area contributed by atoms with Gasteiger partial charge in [-0.05, 0) is 76.0 Å². The minimum absolute atomic E-state index is 0.0385. The largest absolute Gasteiger partial charge is 0.384 e. The van der Waals surface area contributed by atoms with Gasteiger partial charge in [0.1, 0.15) is 29.6 Å². The summed E-state index contributed by atoms with van der Waals surface area (Å²) in [5.41, 5.74) is 0.923. The second kappa shape index (κ2) is 17.5. The first-order chi connectivity index (χ1) is 30.0. The van der Waals surface area contributed by atoms with Crippen molar-refractivity contribution >= 4 is 52.4 Å². The zero-order chi connectivity index (χ0) is 43.1. The molecule has 7 heterocycles. The standard InChI is InChI=1S/C42H48F2N10O8/c1-23-36-31(62-36)21-51(23)32-13-15-52-38(48-32)27(19-46-52)39(56)47-29-20-53(50-35(29)37(43)44)25-9-7-24(8-10-25)22-61-18-4-17-60-16-3-14-45-28-6-2-5-26-34(28)42(59)54(41(26)58)30-11-12-33(55)49-40(30)57/h2,5-6,13,15,19-20,23-25,30-31,36-37,45H,3-4,7-12,14,16-18,21-22H2,1H3,(H,47,56)(H,49,55,57)/t23-,24-,25-,30?,31?,36-/m1/s1. The molecule has 1 saturated carbocycles. The lowest BCUT2D eigenvalue weighted by atomic mass is 9.86. The number of hydrogen-bond acceptors (Lipinski definition) is 13. The smallest absolute Gasteiger partial charge is 0.284 e. The number of amides is 5. The Hall–Kier alpha value is -5.86. The molecule has 0 radical (unpaired) electrons. The highest BCUT2D eigenvalue weighted by Gasteiger charge is 2.53. The van der Waals surface area contributed by atoms with Gasteiger partial charge in [-0.2, -0.15) is 10.2 Å². The number of morpholine rings is 1. The van der Waals surface area contributed by atoms with E-state index in [9.17, 15) is 32.8 Å². The van der Waals surface area contributed by atoms with Gasteiger partial charge in [0.05, 0.1) is 35.1 Å². The van der Waals surface area contributed by atoms with E-state index in [2.05, 4.69) is 38.0 Å². The van der Waals surface area contributed by atoms with Gasteiger partial charge in [0, 0.05) is 64.0 Å². The van der Waals surface area contributed by atoms with E-state index in [0.29, 0.717) is 75.4 Å². The zero-order valence-corrected chi connectivity index (χ0v) is 34.1. The molecule has 328 valence electrons. The molecule has 62 heavy (non-hydrogen) atoms.